The van der Waals surface area contributed by atoms with E-state index >= 15 is 0 Å². The van der Waals surface area contributed by atoms with Crippen molar-refractivity contribution in [1.29, 1.82) is 0 Å². The van der Waals surface area contributed by atoms with Crippen molar-refractivity contribution in [3.05, 3.63) is 28.5 Å². The average molecular weight is 297 g/mol. The first kappa shape index (κ1) is 12.1. The quantitative estimate of drug-likeness (QED) is 0.947. The molecule has 2 rings (SSSR count). The van der Waals surface area contributed by atoms with Crippen LogP contribution in [0.25, 0.3) is 11.0 Å². The fourth-order valence-electron chi connectivity index (χ4n) is 1.87. The molecule has 1 N–H and O–H groups in total. The van der Waals surface area contributed by atoms with Gasteiger partial charge in [0.25, 0.3) is 0 Å². The van der Waals surface area contributed by atoms with Crippen LogP contribution in [0.2, 0.25) is 0 Å². The molecule has 0 aliphatic carbocycles. The Balaban J connectivity index is 2.71. The van der Waals surface area contributed by atoms with E-state index in [0.717, 1.165) is 21.3 Å². The summed E-state index contributed by atoms with van der Waals surface area (Å²) >= 11 is 3.44. The van der Waals surface area contributed by atoms with E-state index in [-0.39, 0.29) is 12.5 Å². The Morgan fingerprint density at radius 3 is 2.82 bits per heavy atom. The fraction of sp³-hybridized carbons (Fsp3) is 0.333. The summed E-state index contributed by atoms with van der Waals surface area (Å²) in [7, 11) is 0. The van der Waals surface area contributed by atoms with Crippen molar-refractivity contribution >= 4 is 32.9 Å². The van der Waals surface area contributed by atoms with Crippen LogP contribution in [0.4, 0.5) is 0 Å². The minimum Gasteiger partial charge on any atom is -0.480 e. The lowest BCUT2D eigenvalue weighted by Crippen LogP contribution is -2.12. The molecule has 0 radical (unpaired) electrons. The van der Waals surface area contributed by atoms with Gasteiger partial charge in [0.05, 0.1) is 5.52 Å². The van der Waals surface area contributed by atoms with Gasteiger partial charge < -0.3 is 9.67 Å². The third-order valence-electron chi connectivity index (χ3n) is 2.57. The molecule has 5 heteroatoms. The van der Waals surface area contributed by atoms with E-state index in [1.807, 2.05) is 32.0 Å². The van der Waals surface area contributed by atoms with Crippen molar-refractivity contribution in [3.63, 3.8) is 0 Å². The van der Waals surface area contributed by atoms with E-state index in [2.05, 4.69) is 20.9 Å². The number of carboxylic acids is 1. The maximum absolute atomic E-state index is 10.9. The zero-order valence-corrected chi connectivity index (χ0v) is 11.2. The molecule has 2 aromatic rings. The second-order valence-corrected chi connectivity index (χ2v) is 5.07. The number of carbonyl (C=O) groups is 1. The lowest BCUT2D eigenvalue weighted by Gasteiger charge is -2.08. The SMILES string of the molecule is CC(C)c1nc2c(Br)cccc2n1CC(=O)O. The number of hydrogen-bond donors (Lipinski definition) is 1. The van der Waals surface area contributed by atoms with Crippen molar-refractivity contribution in [2.75, 3.05) is 0 Å². The monoisotopic (exact) mass is 296 g/mol. The van der Waals surface area contributed by atoms with Gasteiger partial charge in [0.1, 0.15) is 17.9 Å². The molecule has 0 amide bonds. The van der Waals surface area contributed by atoms with Crippen LogP contribution < -0.4 is 0 Å². The highest BCUT2D eigenvalue weighted by molar-refractivity contribution is 9.10. The van der Waals surface area contributed by atoms with Crippen LogP contribution in [0.15, 0.2) is 22.7 Å². The highest BCUT2D eigenvalue weighted by atomic mass is 79.9. The molecular formula is C12H13BrN2O2. The number of halogens is 1. The number of aliphatic carboxylic acids is 1. The first-order valence-electron chi connectivity index (χ1n) is 5.37. The van der Waals surface area contributed by atoms with Crippen LogP contribution in [0, 0.1) is 0 Å². The Morgan fingerprint density at radius 1 is 1.53 bits per heavy atom. The van der Waals surface area contributed by atoms with Gasteiger partial charge in [-0.05, 0) is 28.1 Å². The molecule has 1 heterocycles. The highest BCUT2D eigenvalue weighted by Crippen LogP contribution is 2.27. The van der Waals surface area contributed by atoms with Gasteiger partial charge in [0, 0.05) is 10.4 Å². The molecule has 90 valence electrons. The highest BCUT2D eigenvalue weighted by Gasteiger charge is 2.16. The molecule has 0 unspecified atom stereocenters. The third kappa shape index (κ3) is 2.20. The van der Waals surface area contributed by atoms with Crippen molar-refractivity contribution in [2.45, 2.75) is 26.3 Å². The summed E-state index contributed by atoms with van der Waals surface area (Å²) in [6.07, 6.45) is 0. The second-order valence-electron chi connectivity index (χ2n) is 4.21. The summed E-state index contributed by atoms with van der Waals surface area (Å²) in [5.74, 6) is 0.133. The minimum absolute atomic E-state index is 0.0551. The predicted molar refractivity (Wildman–Crippen MR) is 69.2 cm³/mol. The standard InChI is InChI=1S/C12H13BrN2O2/c1-7(2)12-14-11-8(13)4-3-5-9(11)15(12)6-10(16)17/h3-5,7H,6H2,1-2H3,(H,16,17). The van der Waals surface area contributed by atoms with Crippen LogP contribution in [0.3, 0.4) is 0 Å². The van der Waals surface area contributed by atoms with Gasteiger partial charge >= 0.3 is 5.97 Å². The number of aromatic nitrogens is 2. The number of nitrogens with zero attached hydrogens (tertiary/aromatic N) is 2. The molecule has 0 aliphatic rings. The Bertz CT molecular complexity index is 575. The normalized spacial score (nSPS) is 11.3. The van der Waals surface area contributed by atoms with E-state index in [9.17, 15) is 4.79 Å². The minimum atomic E-state index is -0.855. The van der Waals surface area contributed by atoms with Crippen LogP contribution >= 0.6 is 15.9 Å². The van der Waals surface area contributed by atoms with Crippen LogP contribution in [-0.2, 0) is 11.3 Å². The fourth-order valence-corrected chi connectivity index (χ4v) is 2.32. The number of carboxylic acid groups (broad SMARTS) is 1. The maximum Gasteiger partial charge on any atom is 0.323 e. The van der Waals surface area contributed by atoms with Crippen molar-refractivity contribution in [3.8, 4) is 0 Å². The molecule has 0 fully saturated rings. The molecule has 0 spiro atoms. The van der Waals surface area contributed by atoms with Crippen molar-refractivity contribution < 1.29 is 9.90 Å². The van der Waals surface area contributed by atoms with Crippen molar-refractivity contribution in [2.24, 2.45) is 0 Å². The largest absolute Gasteiger partial charge is 0.480 e. The number of imidazole rings is 1. The van der Waals surface area contributed by atoms with Gasteiger partial charge in [0.15, 0.2) is 0 Å². The Kier molecular flexibility index (Phi) is 3.19. The molecule has 1 aromatic heterocycles. The van der Waals surface area contributed by atoms with E-state index in [1.54, 1.807) is 4.57 Å². The zero-order chi connectivity index (χ0) is 12.6. The van der Waals surface area contributed by atoms with E-state index in [0.29, 0.717) is 0 Å². The van der Waals surface area contributed by atoms with Crippen molar-refractivity contribution in [1.82, 2.24) is 9.55 Å². The molecule has 0 bridgehead atoms. The molecule has 1 aromatic carbocycles. The van der Waals surface area contributed by atoms with E-state index in [1.165, 1.54) is 0 Å². The van der Waals surface area contributed by atoms with Crippen LogP contribution in [0.1, 0.15) is 25.6 Å². The Labute approximate surface area is 107 Å². The van der Waals surface area contributed by atoms with Crippen LogP contribution in [-0.4, -0.2) is 20.6 Å². The van der Waals surface area contributed by atoms with E-state index < -0.39 is 5.97 Å². The molecule has 17 heavy (non-hydrogen) atoms. The lowest BCUT2D eigenvalue weighted by molar-refractivity contribution is -0.137. The molecule has 0 atom stereocenters. The molecular weight excluding hydrogens is 284 g/mol. The van der Waals surface area contributed by atoms with Gasteiger partial charge in [0.2, 0.25) is 0 Å². The number of hydrogen-bond acceptors (Lipinski definition) is 2. The molecule has 4 nitrogen and oxygen atoms in total. The van der Waals surface area contributed by atoms with Gasteiger partial charge in [-0.2, -0.15) is 0 Å². The van der Waals surface area contributed by atoms with Gasteiger partial charge in [-0.15, -0.1) is 0 Å². The summed E-state index contributed by atoms with van der Waals surface area (Å²) < 4.78 is 2.65. The lowest BCUT2D eigenvalue weighted by atomic mass is 10.2. The van der Waals surface area contributed by atoms with Crippen LogP contribution in [0.5, 0.6) is 0 Å². The number of benzene rings is 1. The predicted octanol–water partition coefficient (Wildman–Crippen LogP) is 3.01. The summed E-state index contributed by atoms with van der Waals surface area (Å²) in [6.45, 7) is 3.96. The molecule has 0 saturated carbocycles. The Morgan fingerprint density at radius 2 is 2.24 bits per heavy atom. The molecule has 0 saturated heterocycles. The zero-order valence-electron chi connectivity index (χ0n) is 9.64. The Hall–Kier alpha value is -1.36. The summed E-state index contributed by atoms with van der Waals surface area (Å²) in [4.78, 5) is 15.4. The number of rotatable bonds is 3. The van der Waals surface area contributed by atoms with E-state index in [4.69, 9.17) is 5.11 Å². The average Bonchev–Trinajstić information content (AvgIpc) is 2.58. The summed E-state index contributed by atoms with van der Waals surface area (Å²) in [6, 6.07) is 5.68. The first-order chi connectivity index (χ1) is 8.00. The second kappa shape index (κ2) is 4.49. The number of fused-ring (bicyclic) bond motifs is 1. The third-order valence-corrected chi connectivity index (χ3v) is 3.21. The van der Waals surface area contributed by atoms with Gasteiger partial charge in [-0.1, -0.05) is 19.9 Å². The maximum atomic E-state index is 10.9. The number of para-hydroxylation sites is 1. The summed E-state index contributed by atoms with van der Waals surface area (Å²) in [5.41, 5.74) is 1.67. The van der Waals surface area contributed by atoms with Gasteiger partial charge in [-0.25, -0.2) is 4.98 Å². The smallest absolute Gasteiger partial charge is 0.323 e. The van der Waals surface area contributed by atoms with Gasteiger partial charge in [-0.3, -0.25) is 4.79 Å². The molecule has 0 aliphatic heterocycles. The summed E-state index contributed by atoms with van der Waals surface area (Å²) in [5, 5.41) is 8.96. The topological polar surface area (TPSA) is 55.1 Å². The first-order valence-corrected chi connectivity index (χ1v) is 6.16.